The van der Waals surface area contributed by atoms with Gasteiger partial charge < -0.3 is 9.84 Å². The molecule has 0 bridgehead atoms. The number of hydrogen-bond acceptors (Lipinski definition) is 2. The molecule has 5 heteroatoms. The predicted molar refractivity (Wildman–Crippen MR) is 43.9 cm³/mol. The number of rotatable bonds is 3. The standard InChI is InChI=1S/C9H9F3O2/c10-9(11,12)14-8-3-1-2-7(6-8)4-5-13/h1-3,6,13H,4-5H2. The van der Waals surface area contributed by atoms with Crippen molar-refractivity contribution in [2.24, 2.45) is 0 Å². The average molecular weight is 206 g/mol. The highest BCUT2D eigenvalue weighted by molar-refractivity contribution is 5.28. The van der Waals surface area contributed by atoms with Crippen molar-refractivity contribution in [2.45, 2.75) is 12.8 Å². The van der Waals surface area contributed by atoms with E-state index >= 15 is 0 Å². The molecule has 0 atom stereocenters. The fourth-order valence-electron chi connectivity index (χ4n) is 1.03. The Morgan fingerprint density at radius 3 is 2.57 bits per heavy atom. The summed E-state index contributed by atoms with van der Waals surface area (Å²) in [5.41, 5.74) is 0.606. The lowest BCUT2D eigenvalue weighted by Crippen LogP contribution is -2.17. The molecule has 14 heavy (non-hydrogen) atoms. The van der Waals surface area contributed by atoms with E-state index in [1.807, 2.05) is 0 Å². The van der Waals surface area contributed by atoms with E-state index in [9.17, 15) is 13.2 Å². The molecule has 1 rings (SSSR count). The maximum absolute atomic E-state index is 11.8. The molecule has 0 unspecified atom stereocenters. The van der Waals surface area contributed by atoms with Gasteiger partial charge in [-0.2, -0.15) is 0 Å². The van der Waals surface area contributed by atoms with Crippen LogP contribution in [-0.2, 0) is 6.42 Å². The van der Waals surface area contributed by atoms with Crippen LogP contribution in [0.15, 0.2) is 24.3 Å². The van der Waals surface area contributed by atoms with Crippen LogP contribution in [0.2, 0.25) is 0 Å². The first-order chi connectivity index (χ1) is 6.51. The lowest BCUT2D eigenvalue weighted by Gasteiger charge is -2.09. The fraction of sp³-hybridized carbons (Fsp3) is 0.333. The minimum atomic E-state index is -4.67. The largest absolute Gasteiger partial charge is 0.573 e. The first kappa shape index (κ1) is 10.8. The Kier molecular flexibility index (Phi) is 3.35. The molecule has 78 valence electrons. The minimum absolute atomic E-state index is 0.102. The van der Waals surface area contributed by atoms with Gasteiger partial charge in [0, 0.05) is 6.61 Å². The molecule has 0 saturated heterocycles. The van der Waals surface area contributed by atoms with Crippen molar-refractivity contribution < 1.29 is 23.0 Å². The SMILES string of the molecule is OCCc1cccc(OC(F)(F)F)c1. The zero-order valence-electron chi connectivity index (χ0n) is 7.21. The Morgan fingerprint density at radius 1 is 1.29 bits per heavy atom. The summed E-state index contributed by atoms with van der Waals surface area (Å²) < 4.78 is 39.1. The summed E-state index contributed by atoms with van der Waals surface area (Å²) in [4.78, 5) is 0. The van der Waals surface area contributed by atoms with Gasteiger partial charge >= 0.3 is 6.36 Å². The van der Waals surface area contributed by atoms with Crippen LogP contribution >= 0.6 is 0 Å². The zero-order chi connectivity index (χ0) is 10.6. The maximum Gasteiger partial charge on any atom is 0.573 e. The van der Waals surface area contributed by atoms with Gasteiger partial charge in [-0.3, -0.25) is 0 Å². The summed E-state index contributed by atoms with van der Waals surface area (Å²) >= 11 is 0. The molecule has 0 aliphatic rings. The molecule has 1 aromatic carbocycles. The Bertz CT molecular complexity index is 296. The molecular formula is C9H9F3O2. The van der Waals surface area contributed by atoms with Crippen molar-refractivity contribution in [1.29, 1.82) is 0 Å². The van der Waals surface area contributed by atoms with Crippen LogP contribution in [0.4, 0.5) is 13.2 Å². The summed E-state index contributed by atoms with van der Waals surface area (Å²) in [6, 6.07) is 5.55. The molecule has 0 aliphatic carbocycles. The molecule has 0 radical (unpaired) electrons. The van der Waals surface area contributed by atoms with Crippen LogP contribution in [0.25, 0.3) is 0 Å². The van der Waals surface area contributed by atoms with Gasteiger partial charge in [0.1, 0.15) is 5.75 Å². The minimum Gasteiger partial charge on any atom is -0.406 e. The highest BCUT2D eigenvalue weighted by Gasteiger charge is 2.30. The number of alkyl halides is 3. The zero-order valence-corrected chi connectivity index (χ0v) is 7.21. The number of halogens is 3. The first-order valence-electron chi connectivity index (χ1n) is 3.97. The van der Waals surface area contributed by atoms with Crippen molar-refractivity contribution >= 4 is 0 Å². The Hall–Kier alpha value is -1.23. The average Bonchev–Trinajstić information content (AvgIpc) is 2.02. The van der Waals surface area contributed by atoms with Gasteiger partial charge in [-0.05, 0) is 24.1 Å². The summed E-state index contributed by atoms with van der Waals surface area (Å²) in [7, 11) is 0. The van der Waals surface area contributed by atoms with Crippen LogP contribution in [-0.4, -0.2) is 18.1 Å². The molecule has 0 fully saturated rings. The molecule has 0 amide bonds. The van der Waals surface area contributed by atoms with Crippen molar-refractivity contribution in [1.82, 2.24) is 0 Å². The molecule has 0 saturated carbocycles. The van der Waals surface area contributed by atoms with E-state index in [0.717, 1.165) is 0 Å². The highest BCUT2D eigenvalue weighted by atomic mass is 19.4. The van der Waals surface area contributed by atoms with Crippen LogP contribution < -0.4 is 4.74 Å². The maximum atomic E-state index is 11.8. The molecule has 0 aromatic heterocycles. The molecule has 0 heterocycles. The number of hydrogen-bond donors (Lipinski definition) is 1. The Balaban J connectivity index is 2.73. The monoisotopic (exact) mass is 206 g/mol. The van der Waals surface area contributed by atoms with Gasteiger partial charge in [-0.1, -0.05) is 12.1 Å². The van der Waals surface area contributed by atoms with Crippen LogP contribution in [0.5, 0.6) is 5.75 Å². The number of benzene rings is 1. The number of ether oxygens (including phenoxy) is 1. The van der Waals surface area contributed by atoms with E-state index in [1.54, 1.807) is 6.07 Å². The van der Waals surface area contributed by atoms with E-state index < -0.39 is 6.36 Å². The lowest BCUT2D eigenvalue weighted by atomic mass is 10.1. The molecule has 1 aromatic rings. The molecule has 2 nitrogen and oxygen atoms in total. The van der Waals surface area contributed by atoms with Crippen molar-refractivity contribution in [3.63, 3.8) is 0 Å². The topological polar surface area (TPSA) is 29.5 Å². The van der Waals surface area contributed by atoms with E-state index in [1.165, 1.54) is 18.2 Å². The quantitative estimate of drug-likeness (QED) is 0.820. The Labute approximate surface area is 78.9 Å². The van der Waals surface area contributed by atoms with Crippen LogP contribution in [0.3, 0.4) is 0 Å². The van der Waals surface area contributed by atoms with Gasteiger partial charge in [0.2, 0.25) is 0 Å². The van der Waals surface area contributed by atoms with Crippen LogP contribution in [0.1, 0.15) is 5.56 Å². The summed E-state index contributed by atoms with van der Waals surface area (Å²) in [5, 5.41) is 8.58. The fourth-order valence-corrected chi connectivity index (χ4v) is 1.03. The van der Waals surface area contributed by atoms with Crippen molar-refractivity contribution in [3.8, 4) is 5.75 Å². The summed E-state index contributed by atoms with van der Waals surface area (Å²) in [6.45, 7) is -0.102. The van der Waals surface area contributed by atoms with E-state index in [4.69, 9.17) is 5.11 Å². The van der Waals surface area contributed by atoms with Gasteiger partial charge in [-0.25, -0.2) is 0 Å². The molecule has 0 spiro atoms. The molecule has 1 N–H and O–H groups in total. The van der Waals surface area contributed by atoms with E-state index in [-0.39, 0.29) is 12.4 Å². The lowest BCUT2D eigenvalue weighted by molar-refractivity contribution is -0.274. The first-order valence-corrected chi connectivity index (χ1v) is 3.97. The van der Waals surface area contributed by atoms with E-state index in [0.29, 0.717) is 12.0 Å². The Morgan fingerprint density at radius 2 is 2.00 bits per heavy atom. The molecular weight excluding hydrogens is 197 g/mol. The molecule has 0 aliphatic heterocycles. The third-order valence-electron chi connectivity index (χ3n) is 1.53. The second-order valence-electron chi connectivity index (χ2n) is 2.67. The number of aliphatic hydroxyl groups excluding tert-OH is 1. The van der Waals surface area contributed by atoms with E-state index in [2.05, 4.69) is 4.74 Å². The normalized spacial score (nSPS) is 11.4. The smallest absolute Gasteiger partial charge is 0.406 e. The number of aliphatic hydroxyl groups is 1. The highest BCUT2D eigenvalue weighted by Crippen LogP contribution is 2.23. The summed E-state index contributed by atoms with van der Waals surface area (Å²) in [5.74, 6) is -0.261. The van der Waals surface area contributed by atoms with Gasteiger partial charge in [0.25, 0.3) is 0 Å². The predicted octanol–water partition coefficient (Wildman–Crippen LogP) is 2.12. The van der Waals surface area contributed by atoms with Crippen molar-refractivity contribution in [2.75, 3.05) is 6.61 Å². The van der Waals surface area contributed by atoms with Crippen LogP contribution in [0, 0.1) is 0 Å². The van der Waals surface area contributed by atoms with Gasteiger partial charge in [0.15, 0.2) is 0 Å². The summed E-state index contributed by atoms with van der Waals surface area (Å²) in [6.07, 6.45) is -4.35. The van der Waals surface area contributed by atoms with Gasteiger partial charge in [-0.15, -0.1) is 13.2 Å². The van der Waals surface area contributed by atoms with Gasteiger partial charge in [0.05, 0.1) is 0 Å². The second-order valence-corrected chi connectivity index (χ2v) is 2.67. The second kappa shape index (κ2) is 4.32. The third-order valence-corrected chi connectivity index (χ3v) is 1.53. The van der Waals surface area contributed by atoms with Crippen molar-refractivity contribution in [3.05, 3.63) is 29.8 Å². The third kappa shape index (κ3) is 3.66.